The molecular weight excluding hydrogens is 282 g/mol. The zero-order valence-electron chi connectivity index (χ0n) is 13.2. The van der Waals surface area contributed by atoms with Gasteiger partial charge >= 0.3 is 0 Å². The molecule has 1 aliphatic heterocycles. The van der Waals surface area contributed by atoms with Crippen molar-refractivity contribution in [3.05, 3.63) is 23.3 Å². The second kappa shape index (κ2) is 5.64. The summed E-state index contributed by atoms with van der Waals surface area (Å²) in [5, 5.41) is 13.6. The van der Waals surface area contributed by atoms with E-state index in [4.69, 9.17) is 0 Å². The molecule has 1 N–H and O–H groups in total. The summed E-state index contributed by atoms with van der Waals surface area (Å²) >= 11 is 0. The number of aryl methyl sites for hydroxylation is 2. The van der Waals surface area contributed by atoms with Crippen molar-refractivity contribution in [2.75, 3.05) is 13.2 Å². The number of nitrogens with zero attached hydrogens (tertiary/aromatic N) is 5. The molecular formula is C15H21N5O2. The van der Waals surface area contributed by atoms with Gasteiger partial charge in [0.15, 0.2) is 0 Å². The van der Waals surface area contributed by atoms with Gasteiger partial charge in [0.2, 0.25) is 5.82 Å². The third-order valence-electron chi connectivity index (χ3n) is 4.31. The predicted octanol–water partition coefficient (Wildman–Crippen LogP) is 0.974. The lowest BCUT2D eigenvalue weighted by molar-refractivity contribution is 0.0477. The Bertz CT molecular complexity index is 711. The fraction of sp³-hybridized carbons (Fsp3) is 0.600. The van der Waals surface area contributed by atoms with Gasteiger partial charge in [-0.2, -0.15) is 4.98 Å². The van der Waals surface area contributed by atoms with Crippen LogP contribution in [0, 0.1) is 19.8 Å². The maximum absolute atomic E-state index is 12.7. The third kappa shape index (κ3) is 2.56. The number of fused-ring (bicyclic) bond motifs is 1. The maximum atomic E-state index is 12.7. The van der Waals surface area contributed by atoms with Gasteiger partial charge in [-0.1, -0.05) is 0 Å². The van der Waals surface area contributed by atoms with Crippen molar-refractivity contribution >= 4 is 11.7 Å². The average molecular weight is 303 g/mol. The van der Waals surface area contributed by atoms with E-state index < -0.39 is 0 Å². The highest BCUT2D eigenvalue weighted by molar-refractivity contribution is 5.91. The molecule has 0 spiro atoms. The Morgan fingerprint density at radius 1 is 1.36 bits per heavy atom. The van der Waals surface area contributed by atoms with Crippen molar-refractivity contribution in [3.63, 3.8) is 0 Å². The molecule has 0 radical (unpaired) electrons. The molecule has 118 valence electrons. The van der Waals surface area contributed by atoms with E-state index in [1.165, 1.54) is 0 Å². The number of hydrogen-bond acceptors (Lipinski definition) is 5. The first-order chi connectivity index (χ1) is 10.5. The summed E-state index contributed by atoms with van der Waals surface area (Å²) in [7, 11) is 0. The zero-order chi connectivity index (χ0) is 15.9. The molecule has 1 fully saturated rings. The molecule has 7 nitrogen and oxygen atoms in total. The standard InChI is InChI=1S/C15H21N5O2/c1-9-6-11(3)20-15(16-9)17-13(18-20)14(22)19-7-12(8-21)5-4-10(19)2/h6,10,12,21H,4-5,7-8H2,1-3H3. The predicted molar refractivity (Wildman–Crippen MR) is 80.6 cm³/mol. The van der Waals surface area contributed by atoms with E-state index in [1.54, 1.807) is 9.42 Å². The summed E-state index contributed by atoms with van der Waals surface area (Å²) in [5.74, 6) is 0.573. The SMILES string of the molecule is Cc1cc(C)n2nc(C(=O)N3CC(CO)CCC3C)nc2n1. The van der Waals surface area contributed by atoms with Crippen molar-refractivity contribution in [1.29, 1.82) is 0 Å². The van der Waals surface area contributed by atoms with Crippen molar-refractivity contribution < 1.29 is 9.90 Å². The second-order valence-corrected chi connectivity index (χ2v) is 6.12. The number of carbonyl (C=O) groups excluding carboxylic acids is 1. The molecule has 3 rings (SSSR count). The quantitative estimate of drug-likeness (QED) is 0.894. The number of amides is 1. The summed E-state index contributed by atoms with van der Waals surface area (Å²) < 4.78 is 1.60. The molecule has 1 amide bonds. The summed E-state index contributed by atoms with van der Waals surface area (Å²) in [6.45, 7) is 6.49. The minimum atomic E-state index is -0.187. The van der Waals surface area contributed by atoms with Crippen LogP contribution in [0.1, 0.15) is 41.8 Å². The van der Waals surface area contributed by atoms with Crippen LogP contribution in [0.2, 0.25) is 0 Å². The smallest absolute Gasteiger partial charge is 0.293 e. The number of hydrogen-bond donors (Lipinski definition) is 1. The van der Waals surface area contributed by atoms with Crippen LogP contribution >= 0.6 is 0 Å². The molecule has 0 bridgehead atoms. The highest BCUT2D eigenvalue weighted by atomic mass is 16.3. The molecule has 22 heavy (non-hydrogen) atoms. The van der Waals surface area contributed by atoms with Gasteiger partial charge in [0.1, 0.15) is 0 Å². The highest BCUT2D eigenvalue weighted by Crippen LogP contribution is 2.23. The van der Waals surface area contributed by atoms with Gasteiger partial charge < -0.3 is 10.0 Å². The van der Waals surface area contributed by atoms with Gasteiger partial charge in [-0.05, 0) is 45.6 Å². The van der Waals surface area contributed by atoms with Gasteiger partial charge in [0.25, 0.3) is 11.7 Å². The van der Waals surface area contributed by atoms with Crippen LogP contribution in [-0.4, -0.2) is 54.7 Å². The van der Waals surface area contributed by atoms with Crippen LogP contribution in [0.3, 0.4) is 0 Å². The van der Waals surface area contributed by atoms with Crippen LogP contribution in [0.5, 0.6) is 0 Å². The fourth-order valence-electron chi connectivity index (χ4n) is 3.00. The monoisotopic (exact) mass is 303 g/mol. The molecule has 7 heteroatoms. The van der Waals surface area contributed by atoms with Crippen molar-refractivity contribution in [3.8, 4) is 0 Å². The fourth-order valence-corrected chi connectivity index (χ4v) is 3.00. The van der Waals surface area contributed by atoms with Gasteiger partial charge in [-0.3, -0.25) is 4.79 Å². The number of rotatable bonds is 2. The Morgan fingerprint density at radius 3 is 2.86 bits per heavy atom. The number of aliphatic hydroxyl groups excluding tert-OH is 1. The molecule has 1 saturated heterocycles. The van der Waals surface area contributed by atoms with Crippen molar-refractivity contribution in [2.24, 2.45) is 5.92 Å². The molecule has 0 aromatic carbocycles. The van der Waals surface area contributed by atoms with E-state index in [9.17, 15) is 9.90 Å². The van der Waals surface area contributed by atoms with Crippen LogP contribution in [0.25, 0.3) is 5.78 Å². The van der Waals surface area contributed by atoms with Crippen LogP contribution in [0.4, 0.5) is 0 Å². The number of likely N-dealkylation sites (tertiary alicyclic amines) is 1. The van der Waals surface area contributed by atoms with Crippen LogP contribution < -0.4 is 0 Å². The van der Waals surface area contributed by atoms with E-state index in [1.807, 2.05) is 26.8 Å². The summed E-state index contributed by atoms with van der Waals surface area (Å²) in [4.78, 5) is 23.1. The lowest BCUT2D eigenvalue weighted by Crippen LogP contribution is -2.46. The summed E-state index contributed by atoms with van der Waals surface area (Å²) in [5.41, 5.74) is 1.75. The lowest BCUT2D eigenvalue weighted by atomic mass is 9.94. The first kappa shape index (κ1) is 14.9. The van der Waals surface area contributed by atoms with E-state index in [2.05, 4.69) is 15.1 Å². The van der Waals surface area contributed by atoms with Crippen molar-refractivity contribution in [2.45, 2.75) is 39.7 Å². The topological polar surface area (TPSA) is 83.6 Å². The Hall–Kier alpha value is -2.02. The number of carbonyl (C=O) groups is 1. The lowest BCUT2D eigenvalue weighted by Gasteiger charge is -2.36. The molecule has 0 saturated carbocycles. The van der Waals surface area contributed by atoms with Crippen LogP contribution in [0.15, 0.2) is 6.07 Å². The van der Waals surface area contributed by atoms with Crippen LogP contribution in [-0.2, 0) is 0 Å². The molecule has 3 heterocycles. The van der Waals surface area contributed by atoms with Gasteiger partial charge in [0.05, 0.1) is 0 Å². The van der Waals surface area contributed by atoms with E-state index in [0.717, 1.165) is 24.2 Å². The number of piperidine rings is 1. The zero-order valence-corrected chi connectivity index (χ0v) is 13.2. The highest BCUT2D eigenvalue weighted by Gasteiger charge is 2.31. The average Bonchev–Trinajstić information content (AvgIpc) is 2.91. The second-order valence-electron chi connectivity index (χ2n) is 6.12. The number of aromatic nitrogens is 4. The summed E-state index contributed by atoms with van der Waals surface area (Å²) in [6, 6.07) is 2.04. The van der Waals surface area contributed by atoms with E-state index in [-0.39, 0.29) is 30.3 Å². The Kier molecular flexibility index (Phi) is 3.82. The first-order valence-corrected chi connectivity index (χ1v) is 7.62. The first-order valence-electron chi connectivity index (χ1n) is 7.62. The molecule has 2 aromatic rings. The largest absolute Gasteiger partial charge is 0.396 e. The normalized spacial score (nSPS) is 22.3. The van der Waals surface area contributed by atoms with Crippen molar-refractivity contribution in [1.82, 2.24) is 24.5 Å². The Morgan fingerprint density at radius 2 is 2.14 bits per heavy atom. The van der Waals surface area contributed by atoms with Gasteiger partial charge in [0, 0.05) is 30.6 Å². The molecule has 2 atom stereocenters. The molecule has 2 unspecified atom stereocenters. The summed E-state index contributed by atoms with van der Waals surface area (Å²) in [6.07, 6.45) is 1.83. The Labute approximate surface area is 129 Å². The van der Waals surface area contributed by atoms with E-state index in [0.29, 0.717) is 12.3 Å². The number of aliphatic hydroxyl groups is 1. The minimum absolute atomic E-state index is 0.106. The maximum Gasteiger partial charge on any atom is 0.293 e. The molecule has 1 aliphatic rings. The van der Waals surface area contributed by atoms with Gasteiger partial charge in [-0.25, -0.2) is 9.50 Å². The molecule has 0 aliphatic carbocycles. The third-order valence-corrected chi connectivity index (χ3v) is 4.31. The molecule has 2 aromatic heterocycles. The van der Waals surface area contributed by atoms with Gasteiger partial charge in [-0.15, -0.1) is 5.10 Å². The van der Waals surface area contributed by atoms with E-state index >= 15 is 0 Å². The minimum Gasteiger partial charge on any atom is -0.396 e. The Balaban J connectivity index is 1.93.